The van der Waals surface area contributed by atoms with E-state index in [1.165, 1.54) is 4.90 Å². The van der Waals surface area contributed by atoms with Gasteiger partial charge < -0.3 is 14.8 Å². The molecule has 2 aromatic rings. The van der Waals surface area contributed by atoms with Gasteiger partial charge in [0.05, 0.1) is 25.9 Å². The van der Waals surface area contributed by atoms with E-state index in [9.17, 15) is 9.59 Å². The van der Waals surface area contributed by atoms with Gasteiger partial charge in [0.15, 0.2) is 0 Å². The van der Waals surface area contributed by atoms with Crippen LogP contribution in [0.1, 0.15) is 10.4 Å². The predicted molar refractivity (Wildman–Crippen MR) is 87.2 cm³/mol. The van der Waals surface area contributed by atoms with Crippen LogP contribution in [-0.4, -0.2) is 43.3 Å². The molecule has 124 valence electrons. The van der Waals surface area contributed by atoms with Crippen molar-refractivity contribution in [2.45, 2.75) is 6.10 Å². The fourth-order valence-corrected chi connectivity index (χ4v) is 2.43. The molecule has 1 unspecified atom stereocenters. The highest BCUT2D eigenvalue weighted by Gasteiger charge is 2.32. The third-order valence-electron chi connectivity index (χ3n) is 3.67. The lowest BCUT2D eigenvalue weighted by Crippen LogP contribution is -2.34. The number of carbonyl (C=O) groups excluding carboxylic acids is 2. The van der Waals surface area contributed by atoms with Crippen LogP contribution < -0.4 is 15.0 Å². The van der Waals surface area contributed by atoms with Gasteiger partial charge in [0.2, 0.25) is 0 Å². The van der Waals surface area contributed by atoms with Crippen LogP contribution in [0.3, 0.4) is 0 Å². The Hall–Kier alpha value is -3.09. The second-order valence-electron chi connectivity index (χ2n) is 5.26. The number of pyridine rings is 1. The van der Waals surface area contributed by atoms with Gasteiger partial charge in [-0.2, -0.15) is 0 Å². The van der Waals surface area contributed by atoms with E-state index in [1.54, 1.807) is 49.8 Å². The molecule has 7 heteroatoms. The first kappa shape index (κ1) is 15.8. The maximum absolute atomic E-state index is 12.0. The number of amides is 2. The molecule has 0 radical (unpaired) electrons. The summed E-state index contributed by atoms with van der Waals surface area (Å²) < 4.78 is 10.5. The zero-order chi connectivity index (χ0) is 16.9. The topological polar surface area (TPSA) is 80.8 Å². The second-order valence-corrected chi connectivity index (χ2v) is 5.26. The smallest absolute Gasteiger partial charge is 0.414 e. The van der Waals surface area contributed by atoms with Crippen molar-refractivity contribution in [3.63, 3.8) is 0 Å². The Labute approximate surface area is 139 Å². The van der Waals surface area contributed by atoms with Crippen LogP contribution in [0.4, 0.5) is 10.5 Å². The molecule has 7 nitrogen and oxygen atoms in total. The maximum atomic E-state index is 12.0. The van der Waals surface area contributed by atoms with Crippen molar-refractivity contribution < 1.29 is 19.1 Å². The number of anilines is 1. The second kappa shape index (κ2) is 6.99. The number of hydrogen-bond acceptors (Lipinski definition) is 5. The molecule has 1 N–H and O–H groups in total. The number of carbonyl (C=O) groups is 2. The summed E-state index contributed by atoms with van der Waals surface area (Å²) in [6.45, 7) is 0.607. The van der Waals surface area contributed by atoms with Crippen molar-refractivity contribution in [3.8, 4) is 5.75 Å². The molecular weight excluding hydrogens is 310 g/mol. The van der Waals surface area contributed by atoms with E-state index < -0.39 is 12.2 Å². The maximum Gasteiger partial charge on any atom is 0.414 e. The van der Waals surface area contributed by atoms with E-state index in [2.05, 4.69) is 10.3 Å². The lowest BCUT2D eigenvalue weighted by Gasteiger charge is -2.14. The molecule has 3 rings (SSSR count). The molecule has 2 amide bonds. The largest absolute Gasteiger partial charge is 0.497 e. The lowest BCUT2D eigenvalue weighted by molar-refractivity contribution is 0.0916. The number of nitrogens with one attached hydrogen (secondary N) is 1. The number of aromatic nitrogens is 1. The van der Waals surface area contributed by atoms with Crippen molar-refractivity contribution >= 4 is 17.7 Å². The van der Waals surface area contributed by atoms with Gasteiger partial charge in [0, 0.05) is 24.0 Å². The lowest BCUT2D eigenvalue weighted by atomic mass is 10.2. The van der Waals surface area contributed by atoms with Crippen molar-refractivity contribution in [3.05, 3.63) is 54.4 Å². The van der Waals surface area contributed by atoms with Gasteiger partial charge in [-0.15, -0.1) is 0 Å². The van der Waals surface area contributed by atoms with Crippen LogP contribution in [0.2, 0.25) is 0 Å². The van der Waals surface area contributed by atoms with Gasteiger partial charge in [-0.05, 0) is 24.3 Å². The van der Waals surface area contributed by atoms with Crippen molar-refractivity contribution in [2.75, 3.05) is 25.1 Å². The first-order valence-electron chi connectivity index (χ1n) is 7.48. The Kier molecular flexibility index (Phi) is 4.60. The standard InChI is InChI=1S/C17H17N3O4/c1-23-14-4-2-3-13(9-14)20-11-15(24-17(20)22)10-19-16(21)12-5-7-18-8-6-12/h2-9,15H,10-11H2,1H3,(H,19,21). The summed E-state index contributed by atoms with van der Waals surface area (Å²) in [7, 11) is 1.57. The molecule has 0 bridgehead atoms. The summed E-state index contributed by atoms with van der Waals surface area (Å²) in [6.07, 6.45) is 2.25. The van der Waals surface area contributed by atoms with Crippen LogP contribution in [0.15, 0.2) is 48.8 Å². The average Bonchev–Trinajstić information content (AvgIpc) is 3.01. The van der Waals surface area contributed by atoms with Crippen molar-refractivity contribution in [2.24, 2.45) is 0 Å². The molecule has 1 aromatic heterocycles. The highest BCUT2D eigenvalue weighted by atomic mass is 16.6. The Morgan fingerprint density at radius 1 is 1.38 bits per heavy atom. The fraction of sp³-hybridized carbons (Fsp3) is 0.235. The van der Waals surface area contributed by atoms with Crippen LogP contribution in [-0.2, 0) is 4.74 Å². The van der Waals surface area contributed by atoms with Crippen molar-refractivity contribution in [1.29, 1.82) is 0 Å². The SMILES string of the molecule is COc1cccc(N2CC(CNC(=O)c3ccncc3)OC2=O)c1. The Bertz CT molecular complexity index is 736. The number of cyclic esters (lactones) is 1. The fourth-order valence-electron chi connectivity index (χ4n) is 2.43. The third kappa shape index (κ3) is 3.45. The van der Waals surface area contributed by atoms with Crippen LogP contribution in [0, 0.1) is 0 Å². The highest BCUT2D eigenvalue weighted by molar-refractivity contribution is 5.94. The molecule has 24 heavy (non-hydrogen) atoms. The van der Waals surface area contributed by atoms with Crippen LogP contribution in [0.5, 0.6) is 5.75 Å². The molecule has 0 spiro atoms. The molecule has 1 aromatic carbocycles. The quantitative estimate of drug-likeness (QED) is 0.906. The van der Waals surface area contributed by atoms with Gasteiger partial charge >= 0.3 is 6.09 Å². The minimum absolute atomic E-state index is 0.228. The average molecular weight is 327 g/mol. The van der Waals surface area contributed by atoms with Crippen LogP contribution >= 0.6 is 0 Å². The zero-order valence-electron chi connectivity index (χ0n) is 13.1. The molecule has 1 fully saturated rings. The molecular formula is C17H17N3O4. The van der Waals surface area contributed by atoms with Gasteiger partial charge in [-0.3, -0.25) is 14.7 Å². The van der Waals surface area contributed by atoms with Gasteiger partial charge in [0.25, 0.3) is 5.91 Å². The monoisotopic (exact) mass is 327 g/mol. The van der Waals surface area contributed by atoms with Gasteiger partial charge in [-0.25, -0.2) is 4.79 Å². The molecule has 2 heterocycles. The van der Waals surface area contributed by atoms with E-state index in [0.29, 0.717) is 23.5 Å². The minimum atomic E-state index is -0.439. The summed E-state index contributed by atoms with van der Waals surface area (Å²) in [5.74, 6) is 0.433. The zero-order valence-corrected chi connectivity index (χ0v) is 13.1. The van der Waals surface area contributed by atoms with Crippen molar-refractivity contribution in [1.82, 2.24) is 10.3 Å². The number of nitrogens with zero attached hydrogens (tertiary/aromatic N) is 2. The molecule has 1 aliphatic heterocycles. The molecule has 0 aliphatic carbocycles. The summed E-state index contributed by atoms with van der Waals surface area (Å²) in [4.78, 5) is 29.4. The summed E-state index contributed by atoms with van der Waals surface area (Å²) in [5, 5.41) is 2.76. The Morgan fingerprint density at radius 2 is 2.17 bits per heavy atom. The first-order valence-corrected chi connectivity index (χ1v) is 7.48. The third-order valence-corrected chi connectivity index (χ3v) is 3.67. The molecule has 1 saturated heterocycles. The van der Waals surface area contributed by atoms with E-state index in [0.717, 1.165) is 0 Å². The summed E-state index contributed by atoms with van der Waals surface area (Å²) in [5.41, 5.74) is 1.21. The number of rotatable bonds is 5. The number of ether oxygens (including phenoxy) is 2. The molecule has 1 aliphatic rings. The van der Waals surface area contributed by atoms with Gasteiger partial charge in [-0.1, -0.05) is 6.07 Å². The number of methoxy groups -OCH3 is 1. The number of hydrogen-bond donors (Lipinski definition) is 1. The van der Waals surface area contributed by atoms with Gasteiger partial charge in [0.1, 0.15) is 11.9 Å². The predicted octanol–water partition coefficient (Wildman–Crippen LogP) is 1.85. The Balaban J connectivity index is 1.59. The van der Waals surface area contributed by atoms with E-state index in [1.807, 2.05) is 6.07 Å². The summed E-state index contributed by atoms with van der Waals surface area (Å²) >= 11 is 0. The first-order chi connectivity index (χ1) is 11.7. The van der Waals surface area contributed by atoms with Crippen LogP contribution in [0.25, 0.3) is 0 Å². The number of benzene rings is 1. The molecule has 1 atom stereocenters. The summed E-state index contributed by atoms with van der Waals surface area (Å²) in [6, 6.07) is 10.4. The van der Waals surface area contributed by atoms with E-state index >= 15 is 0 Å². The van der Waals surface area contributed by atoms with E-state index in [4.69, 9.17) is 9.47 Å². The highest BCUT2D eigenvalue weighted by Crippen LogP contribution is 2.25. The normalized spacial score (nSPS) is 16.6. The minimum Gasteiger partial charge on any atom is -0.497 e. The molecule has 0 saturated carbocycles. The van der Waals surface area contributed by atoms with E-state index in [-0.39, 0.29) is 12.5 Å². The Morgan fingerprint density at radius 3 is 2.92 bits per heavy atom.